The van der Waals surface area contributed by atoms with Crippen LogP contribution in [0.2, 0.25) is 5.02 Å². The first-order chi connectivity index (χ1) is 7.63. The molecular weight excluding hydrogens is 220 g/mol. The Balaban J connectivity index is 2.50. The molecule has 0 saturated carbocycles. The Kier molecular flexibility index (Phi) is 5.31. The van der Waals surface area contributed by atoms with E-state index in [0.717, 1.165) is 17.0 Å². The summed E-state index contributed by atoms with van der Waals surface area (Å²) in [5.74, 6) is 0.517. The van der Waals surface area contributed by atoms with Crippen molar-refractivity contribution in [3.8, 4) is 6.07 Å². The van der Waals surface area contributed by atoms with Crippen molar-refractivity contribution in [3.63, 3.8) is 0 Å². The smallest absolute Gasteiger partial charge is 0.0958 e. The Morgan fingerprint density at radius 3 is 2.62 bits per heavy atom. The van der Waals surface area contributed by atoms with Gasteiger partial charge in [-0.05, 0) is 24.0 Å². The van der Waals surface area contributed by atoms with Crippen molar-refractivity contribution >= 4 is 11.6 Å². The fourth-order valence-electron chi connectivity index (χ4n) is 1.53. The molecule has 0 bridgehead atoms. The van der Waals surface area contributed by atoms with Gasteiger partial charge in [0.05, 0.1) is 12.1 Å². The molecule has 0 fully saturated rings. The quantitative estimate of drug-likeness (QED) is 0.851. The average molecular weight is 237 g/mol. The normalized spacial score (nSPS) is 12.4. The molecule has 0 aromatic heterocycles. The molecule has 0 saturated heterocycles. The highest BCUT2D eigenvalue weighted by atomic mass is 35.5. The monoisotopic (exact) mass is 236 g/mol. The van der Waals surface area contributed by atoms with E-state index in [1.54, 1.807) is 0 Å². The molecule has 0 aliphatic carbocycles. The van der Waals surface area contributed by atoms with E-state index >= 15 is 0 Å². The van der Waals surface area contributed by atoms with Gasteiger partial charge in [0, 0.05) is 11.6 Å². The molecule has 1 rings (SSSR count). The summed E-state index contributed by atoms with van der Waals surface area (Å²) in [5.41, 5.74) is 1.04. The van der Waals surface area contributed by atoms with Crippen LogP contribution in [0.3, 0.4) is 0 Å². The van der Waals surface area contributed by atoms with Gasteiger partial charge < -0.3 is 0 Å². The molecule has 0 amide bonds. The molecule has 3 heteroatoms. The molecule has 0 aliphatic heterocycles. The zero-order valence-corrected chi connectivity index (χ0v) is 10.5. The summed E-state index contributed by atoms with van der Waals surface area (Å²) in [6.07, 6.45) is 0.862. The molecule has 1 N–H and O–H groups in total. The van der Waals surface area contributed by atoms with Gasteiger partial charge in [0.15, 0.2) is 0 Å². The number of halogens is 1. The number of hydrogen-bond acceptors (Lipinski definition) is 2. The number of nitrogens with one attached hydrogen (secondary N) is 1. The number of rotatable bonds is 5. The summed E-state index contributed by atoms with van der Waals surface area (Å²) in [5, 5.41) is 12.9. The van der Waals surface area contributed by atoms with Gasteiger partial charge in [-0.2, -0.15) is 5.26 Å². The van der Waals surface area contributed by atoms with E-state index in [4.69, 9.17) is 16.9 Å². The van der Waals surface area contributed by atoms with Crippen LogP contribution in [0.25, 0.3) is 0 Å². The Labute approximate surface area is 102 Å². The highest BCUT2D eigenvalue weighted by Crippen LogP contribution is 2.15. The summed E-state index contributed by atoms with van der Waals surface area (Å²) in [7, 11) is 0. The van der Waals surface area contributed by atoms with Crippen molar-refractivity contribution in [2.75, 3.05) is 0 Å². The van der Waals surface area contributed by atoms with Gasteiger partial charge in [0.2, 0.25) is 0 Å². The van der Waals surface area contributed by atoms with Gasteiger partial charge in [-0.25, -0.2) is 0 Å². The molecule has 2 nitrogen and oxygen atoms in total. The first kappa shape index (κ1) is 13.0. The minimum absolute atomic E-state index is 0.101. The predicted molar refractivity (Wildman–Crippen MR) is 67.1 cm³/mol. The first-order valence-corrected chi connectivity index (χ1v) is 5.87. The lowest BCUT2D eigenvalue weighted by molar-refractivity contribution is 0.478. The summed E-state index contributed by atoms with van der Waals surface area (Å²) in [6, 6.07) is 9.86. The van der Waals surface area contributed by atoms with Crippen LogP contribution in [-0.4, -0.2) is 6.04 Å². The van der Waals surface area contributed by atoms with E-state index in [-0.39, 0.29) is 6.04 Å². The minimum atomic E-state index is -0.101. The highest BCUT2D eigenvalue weighted by Gasteiger charge is 2.09. The Morgan fingerprint density at radius 1 is 1.38 bits per heavy atom. The predicted octanol–water partition coefficient (Wildman–Crippen LogP) is 3.37. The van der Waals surface area contributed by atoms with Gasteiger partial charge in [-0.1, -0.05) is 43.6 Å². The molecule has 1 unspecified atom stereocenters. The maximum Gasteiger partial charge on any atom is 0.0958 e. The zero-order valence-electron chi connectivity index (χ0n) is 9.70. The average Bonchev–Trinajstić information content (AvgIpc) is 2.25. The number of benzene rings is 1. The summed E-state index contributed by atoms with van der Waals surface area (Å²) < 4.78 is 0. The number of nitrogens with zero attached hydrogens (tertiary/aromatic N) is 1. The largest absolute Gasteiger partial charge is 0.298 e. The molecule has 16 heavy (non-hydrogen) atoms. The van der Waals surface area contributed by atoms with E-state index in [0.29, 0.717) is 12.5 Å². The van der Waals surface area contributed by atoms with E-state index < -0.39 is 0 Å². The fraction of sp³-hybridized carbons (Fsp3) is 0.462. The molecule has 86 valence electrons. The summed E-state index contributed by atoms with van der Waals surface area (Å²) in [6.45, 7) is 4.87. The topological polar surface area (TPSA) is 35.8 Å². The second-order valence-corrected chi connectivity index (χ2v) is 4.69. The van der Waals surface area contributed by atoms with Crippen molar-refractivity contribution in [1.29, 1.82) is 5.26 Å². The van der Waals surface area contributed by atoms with Crippen LogP contribution in [-0.2, 0) is 6.54 Å². The maximum atomic E-state index is 8.98. The van der Waals surface area contributed by atoms with Crippen LogP contribution in [0.15, 0.2) is 24.3 Å². The lowest BCUT2D eigenvalue weighted by Gasteiger charge is -2.14. The molecule has 0 aliphatic rings. The second-order valence-electron chi connectivity index (χ2n) is 4.28. The molecule has 1 aromatic rings. The van der Waals surface area contributed by atoms with Crippen molar-refractivity contribution in [1.82, 2.24) is 5.32 Å². The van der Waals surface area contributed by atoms with Crippen molar-refractivity contribution in [2.45, 2.75) is 32.9 Å². The van der Waals surface area contributed by atoms with Crippen LogP contribution >= 0.6 is 11.6 Å². The van der Waals surface area contributed by atoms with Gasteiger partial charge in [-0.15, -0.1) is 0 Å². The van der Waals surface area contributed by atoms with Crippen molar-refractivity contribution < 1.29 is 0 Å². The van der Waals surface area contributed by atoms with Crippen LogP contribution < -0.4 is 5.32 Å². The third kappa shape index (κ3) is 4.22. The third-order valence-corrected chi connectivity index (χ3v) is 2.73. The summed E-state index contributed by atoms with van der Waals surface area (Å²) >= 11 is 6.03. The number of hydrogen-bond donors (Lipinski definition) is 1. The maximum absolute atomic E-state index is 8.98. The lowest BCUT2D eigenvalue weighted by Crippen LogP contribution is -2.28. The van der Waals surface area contributed by atoms with E-state index in [1.807, 2.05) is 24.3 Å². The van der Waals surface area contributed by atoms with Gasteiger partial charge >= 0.3 is 0 Å². The summed E-state index contributed by atoms with van der Waals surface area (Å²) in [4.78, 5) is 0. The molecule has 0 radical (unpaired) electrons. The number of nitriles is 1. The van der Waals surface area contributed by atoms with Crippen LogP contribution in [0, 0.1) is 17.2 Å². The van der Waals surface area contributed by atoms with Crippen LogP contribution in [0.5, 0.6) is 0 Å². The lowest BCUT2D eigenvalue weighted by atomic mass is 10.0. The second kappa shape index (κ2) is 6.52. The highest BCUT2D eigenvalue weighted by molar-refractivity contribution is 6.31. The zero-order chi connectivity index (χ0) is 12.0. The molecule has 0 spiro atoms. The molecule has 1 atom stereocenters. The van der Waals surface area contributed by atoms with E-state index in [9.17, 15) is 0 Å². The standard InChI is InChI=1S/C13H17ClN2/c1-10(2)7-12(8-15)16-9-11-5-3-4-6-13(11)14/h3-6,10,12,16H,7,9H2,1-2H3. The Bertz CT molecular complexity index is 368. The Morgan fingerprint density at radius 2 is 2.06 bits per heavy atom. The van der Waals surface area contributed by atoms with E-state index in [1.165, 1.54) is 0 Å². The Hall–Kier alpha value is -1.04. The van der Waals surface area contributed by atoms with E-state index in [2.05, 4.69) is 25.2 Å². The van der Waals surface area contributed by atoms with Crippen LogP contribution in [0.1, 0.15) is 25.8 Å². The molecular formula is C13H17ClN2. The molecule has 0 heterocycles. The van der Waals surface area contributed by atoms with Gasteiger partial charge in [-0.3, -0.25) is 5.32 Å². The van der Waals surface area contributed by atoms with Gasteiger partial charge in [0.1, 0.15) is 0 Å². The third-order valence-electron chi connectivity index (χ3n) is 2.36. The first-order valence-electron chi connectivity index (χ1n) is 5.50. The minimum Gasteiger partial charge on any atom is -0.298 e. The van der Waals surface area contributed by atoms with Crippen molar-refractivity contribution in [2.24, 2.45) is 5.92 Å². The van der Waals surface area contributed by atoms with Crippen LogP contribution in [0.4, 0.5) is 0 Å². The fourth-order valence-corrected chi connectivity index (χ4v) is 1.73. The van der Waals surface area contributed by atoms with Gasteiger partial charge in [0.25, 0.3) is 0 Å². The molecule has 1 aromatic carbocycles. The SMILES string of the molecule is CC(C)CC(C#N)NCc1ccccc1Cl. The van der Waals surface area contributed by atoms with Crippen molar-refractivity contribution in [3.05, 3.63) is 34.9 Å².